The first-order valence-corrected chi connectivity index (χ1v) is 9.16. The Bertz CT molecular complexity index is 1150. The molecule has 2 amide bonds. The number of para-hydroxylation sites is 1. The molecule has 4 rings (SSSR count). The van der Waals surface area contributed by atoms with Crippen LogP contribution in [0.3, 0.4) is 0 Å². The summed E-state index contributed by atoms with van der Waals surface area (Å²) in [6, 6.07) is 19.4. The number of hydrogen-bond donors (Lipinski definition) is 3. The van der Waals surface area contributed by atoms with Crippen molar-refractivity contribution in [2.24, 2.45) is 0 Å². The van der Waals surface area contributed by atoms with Gasteiger partial charge >= 0.3 is 0 Å². The van der Waals surface area contributed by atoms with Crippen molar-refractivity contribution in [2.45, 2.75) is 6.54 Å². The SMILES string of the molecule is O=C(Nc1ccc(CNC(=O)c2nn(-c3ccccc3)cc2O)cc1)c1ccco1. The average molecular weight is 402 g/mol. The number of nitrogens with one attached hydrogen (secondary N) is 2. The zero-order valence-electron chi connectivity index (χ0n) is 15.8. The van der Waals surface area contributed by atoms with Crippen molar-refractivity contribution in [1.29, 1.82) is 0 Å². The van der Waals surface area contributed by atoms with Crippen molar-refractivity contribution >= 4 is 17.5 Å². The summed E-state index contributed by atoms with van der Waals surface area (Å²) in [5.74, 6) is -0.809. The van der Waals surface area contributed by atoms with E-state index in [1.54, 1.807) is 36.4 Å². The highest BCUT2D eigenvalue weighted by Gasteiger charge is 2.17. The molecule has 8 nitrogen and oxygen atoms in total. The molecule has 0 aliphatic rings. The molecule has 4 aromatic rings. The zero-order valence-corrected chi connectivity index (χ0v) is 15.8. The van der Waals surface area contributed by atoms with E-state index in [0.29, 0.717) is 5.69 Å². The first-order valence-electron chi connectivity index (χ1n) is 9.16. The zero-order chi connectivity index (χ0) is 20.9. The fourth-order valence-electron chi connectivity index (χ4n) is 2.81. The molecule has 0 spiro atoms. The Morgan fingerprint density at radius 3 is 2.43 bits per heavy atom. The summed E-state index contributed by atoms with van der Waals surface area (Å²) in [6.45, 7) is 0.239. The molecule has 2 aromatic heterocycles. The Morgan fingerprint density at radius 1 is 0.967 bits per heavy atom. The van der Waals surface area contributed by atoms with Crippen LogP contribution < -0.4 is 10.6 Å². The van der Waals surface area contributed by atoms with Crippen LogP contribution >= 0.6 is 0 Å². The van der Waals surface area contributed by atoms with Gasteiger partial charge in [-0.2, -0.15) is 5.10 Å². The molecule has 3 N–H and O–H groups in total. The first-order chi connectivity index (χ1) is 14.6. The smallest absolute Gasteiger partial charge is 0.291 e. The van der Waals surface area contributed by atoms with Crippen molar-refractivity contribution in [3.63, 3.8) is 0 Å². The Morgan fingerprint density at radius 2 is 1.73 bits per heavy atom. The van der Waals surface area contributed by atoms with Crippen molar-refractivity contribution in [3.8, 4) is 11.4 Å². The lowest BCUT2D eigenvalue weighted by molar-refractivity contribution is 0.0942. The van der Waals surface area contributed by atoms with Gasteiger partial charge in [0.2, 0.25) is 0 Å². The van der Waals surface area contributed by atoms with Crippen LogP contribution in [-0.4, -0.2) is 26.7 Å². The van der Waals surface area contributed by atoms with Crippen molar-refractivity contribution < 1.29 is 19.1 Å². The Labute approximate surface area is 171 Å². The number of aromatic nitrogens is 2. The van der Waals surface area contributed by atoms with Gasteiger partial charge in [-0.15, -0.1) is 0 Å². The van der Waals surface area contributed by atoms with Crippen molar-refractivity contribution in [1.82, 2.24) is 15.1 Å². The molecule has 0 aliphatic carbocycles. The molecule has 0 saturated carbocycles. The number of rotatable bonds is 6. The van der Waals surface area contributed by atoms with Crippen molar-refractivity contribution in [2.75, 3.05) is 5.32 Å². The number of amides is 2. The minimum Gasteiger partial charge on any atom is -0.504 e. The van der Waals surface area contributed by atoms with E-state index in [2.05, 4.69) is 15.7 Å². The minimum absolute atomic E-state index is 0.0545. The maximum absolute atomic E-state index is 12.4. The fraction of sp³-hybridized carbons (Fsp3) is 0.0455. The molecule has 2 heterocycles. The van der Waals surface area contributed by atoms with E-state index in [1.807, 2.05) is 30.3 Å². The highest BCUT2D eigenvalue weighted by Crippen LogP contribution is 2.18. The van der Waals surface area contributed by atoms with E-state index >= 15 is 0 Å². The third-order valence-electron chi connectivity index (χ3n) is 4.34. The van der Waals surface area contributed by atoms with Gasteiger partial charge in [-0.25, -0.2) is 4.68 Å². The summed E-state index contributed by atoms with van der Waals surface area (Å²) >= 11 is 0. The van der Waals surface area contributed by atoms with Gasteiger partial charge in [0, 0.05) is 12.2 Å². The third kappa shape index (κ3) is 4.22. The van der Waals surface area contributed by atoms with Crippen LogP contribution in [0.1, 0.15) is 26.6 Å². The summed E-state index contributed by atoms with van der Waals surface area (Å²) in [7, 11) is 0. The van der Waals surface area contributed by atoms with Crippen LogP contribution in [0.5, 0.6) is 5.75 Å². The predicted octanol–water partition coefficient (Wildman–Crippen LogP) is 3.35. The van der Waals surface area contributed by atoms with E-state index < -0.39 is 5.91 Å². The van der Waals surface area contributed by atoms with Gasteiger partial charge in [-0.1, -0.05) is 30.3 Å². The number of furan rings is 1. The summed E-state index contributed by atoms with van der Waals surface area (Å²) in [4.78, 5) is 24.4. The maximum Gasteiger partial charge on any atom is 0.291 e. The topological polar surface area (TPSA) is 109 Å². The molecule has 30 heavy (non-hydrogen) atoms. The van der Waals surface area contributed by atoms with Gasteiger partial charge in [-0.3, -0.25) is 9.59 Å². The quantitative estimate of drug-likeness (QED) is 0.458. The number of carbonyl (C=O) groups excluding carboxylic acids is 2. The summed E-state index contributed by atoms with van der Waals surface area (Å²) < 4.78 is 6.50. The predicted molar refractivity (Wildman–Crippen MR) is 110 cm³/mol. The molecule has 150 valence electrons. The minimum atomic E-state index is -0.489. The average Bonchev–Trinajstić information content (AvgIpc) is 3.44. The molecule has 2 aromatic carbocycles. The van der Waals surface area contributed by atoms with Gasteiger partial charge in [-0.05, 0) is 42.0 Å². The second kappa shape index (κ2) is 8.36. The molecular formula is C22H18N4O4. The maximum atomic E-state index is 12.4. The standard InChI is InChI=1S/C22H18N4O4/c27-18-14-26(17-5-2-1-3-6-17)25-20(18)22(29)23-13-15-8-10-16(11-9-15)24-21(28)19-7-4-12-30-19/h1-12,14,27H,13H2,(H,23,29)(H,24,28). The molecule has 0 saturated heterocycles. The second-order valence-corrected chi connectivity index (χ2v) is 6.45. The third-order valence-corrected chi connectivity index (χ3v) is 4.34. The van der Waals surface area contributed by atoms with Crippen LogP contribution in [-0.2, 0) is 6.54 Å². The number of aromatic hydroxyl groups is 1. The largest absolute Gasteiger partial charge is 0.504 e. The summed E-state index contributed by atoms with van der Waals surface area (Å²) in [6.07, 6.45) is 2.82. The lowest BCUT2D eigenvalue weighted by atomic mass is 10.2. The second-order valence-electron chi connectivity index (χ2n) is 6.45. The molecule has 8 heteroatoms. The normalized spacial score (nSPS) is 10.5. The Balaban J connectivity index is 1.36. The number of carbonyl (C=O) groups is 2. The fourth-order valence-corrected chi connectivity index (χ4v) is 2.81. The Hall–Kier alpha value is -4.33. The van der Waals surface area contributed by atoms with Crippen LogP contribution in [0.4, 0.5) is 5.69 Å². The van der Waals surface area contributed by atoms with Crippen LogP contribution in [0.2, 0.25) is 0 Å². The molecule has 0 bridgehead atoms. The lowest BCUT2D eigenvalue weighted by Gasteiger charge is -2.07. The first kappa shape index (κ1) is 19.0. The molecular weight excluding hydrogens is 384 g/mol. The van der Waals surface area contributed by atoms with E-state index in [1.165, 1.54) is 17.1 Å². The van der Waals surface area contributed by atoms with Crippen LogP contribution in [0.15, 0.2) is 83.6 Å². The van der Waals surface area contributed by atoms with E-state index in [9.17, 15) is 14.7 Å². The summed E-state index contributed by atoms with van der Waals surface area (Å²) in [5, 5.41) is 19.7. The lowest BCUT2D eigenvalue weighted by Crippen LogP contribution is -2.23. The number of nitrogens with zero attached hydrogens (tertiary/aromatic N) is 2. The van der Waals surface area contributed by atoms with E-state index in [0.717, 1.165) is 11.3 Å². The van der Waals surface area contributed by atoms with Crippen molar-refractivity contribution in [3.05, 3.63) is 96.2 Å². The summed E-state index contributed by atoms with van der Waals surface area (Å²) in [5.41, 5.74) is 2.10. The molecule has 0 radical (unpaired) electrons. The van der Waals surface area contributed by atoms with E-state index in [-0.39, 0.29) is 29.7 Å². The molecule has 0 aliphatic heterocycles. The highest BCUT2D eigenvalue weighted by molar-refractivity contribution is 6.02. The molecule has 0 atom stereocenters. The number of hydrogen-bond acceptors (Lipinski definition) is 5. The monoisotopic (exact) mass is 402 g/mol. The van der Waals surface area contributed by atoms with Gasteiger partial charge in [0.25, 0.3) is 11.8 Å². The van der Waals surface area contributed by atoms with Gasteiger partial charge in [0.15, 0.2) is 17.2 Å². The molecule has 0 unspecified atom stereocenters. The highest BCUT2D eigenvalue weighted by atomic mass is 16.3. The van der Waals surface area contributed by atoms with Crippen LogP contribution in [0, 0.1) is 0 Å². The Kier molecular flexibility index (Phi) is 5.29. The van der Waals surface area contributed by atoms with Gasteiger partial charge in [0.05, 0.1) is 18.1 Å². The number of anilines is 1. The van der Waals surface area contributed by atoms with Gasteiger partial charge < -0.3 is 20.2 Å². The molecule has 0 fully saturated rings. The number of benzene rings is 2. The van der Waals surface area contributed by atoms with E-state index in [4.69, 9.17) is 4.42 Å². The van der Waals surface area contributed by atoms with Crippen LogP contribution in [0.25, 0.3) is 5.69 Å². The van der Waals surface area contributed by atoms with Gasteiger partial charge in [0.1, 0.15) is 0 Å².